The van der Waals surface area contributed by atoms with Crippen LogP contribution in [-0.4, -0.2) is 37.9 Å². The van der Waals surface area contributed by atoms with Gasteiger partial charge >= 0.3 is 5.97 Å². The molecule has 0 aliphatic heterocycles. The number of carbonyl (C=O) groups is 1. The van der Waals surface area contributed by atoms with E-state index < -0.39 is 0 Å². The molecule has 0 aromatic rings. The van der Waals surface area contributed by atoms with Gasteiger partial charge in [0.05, 0.1) is 25.4 Å². The zero-order valence-corrected chi connectivity index (χ0v) is 11.0. The van der Waals surface area contributed by atoms with Gasteiger partial charge in [-0.3, -0.25) is 4.79 Å². The Bertz CT molecular complexity index is 213. The molecule has 0 bridgehead atoms. The zero-order chi connectivity index (χ0) is 12.5. The average Bonchev–Trinajstić information content (AvgIpc) is 2.29. The molecule has 1 fully saturated rings. The highest BCUT2D eigenvalue weighted by molar-refractivity contribution is 5.71. The SMILES string of the molecule is CC(C)OC(=O)CNCCOC1CCCCC1. The van der Waals surface area contributed by atoms with Gasteiger partial charge < -0.3 is 14.8 Å². The fourth-order valence-corrected chi connectivity index (χ4v) is 2.02. The lowest BCUT2D eigenvalue weighted by atomic mass is 9.98. The van der Waals surface area contributed by atoms with Gasteiger partial charge in [-0.1, -0.05) is 19.3 Å². The molecule has 1 rings (SSSR count). The van der Waals surface area contributed by atoms with Crippen LogP contribution in [0.4, 0.5) is 0 Å². The van der Waals surface area contributed by atoms with Crippen molar-refractivity contribution in [2.24, 2.45) is 0 Å². The Balaban J connectivity index is 1.91. The van der Waals surface area contributed by atoms with Crippen molar-refractivity contribution in [2.75, 3.05) is 19.7 Å². The van der Waals surface area contributed by atoms with Crippen molar-refractivity contribution in [1.82, 2.24) is 5.32 Å². The molecule has 17 heavy (non-hydrogen) atoms. The Kier molecular flexibility index (Phi) is 7.21. The van der Waals surface area contributed by atoms with E-state index in [9.17, 15) is 4.79 Å². The van der Waals surface area contributed by atoms with Gasteiger partial charge in [-0.2, -0.15) is 0 Å². The van der Waals surface area contributed by atoms with E-state index in [-0.39, 0.29) is 18.6 Å². The predicted octanol–water partition coefficient (Wildman–Crippen LogP) is 1.88. The van der Waals surface area contributed by atoms with Crippen molar-refractivity contribution in [3.8, 4) is 0 Å². The summed E-state index contributed by atoms with van der Waals surface area (Å²) in [5.41, 5.74) is 0. The van der Waals surface area contributed by atoms with Crippen molar-refractivity contribution in [3.63, 3.8) is 0 Å². The first-order chi connectivity index (χ1) is 8.18. The molecule has 0 radical (unpaired) electrons. The van der Waals surface area contributed by atoms with Crippen LogP contribution in [-0.2, 0) is 14.3 Å². The van der Waals surface area contributed by atoms with Gasteiger partial charge in [-0.15, -0.1) is 0 Å². The van der Waals surface area contributed by atoms with Crippen molar-refractivity contribution >= 4 is 5.97 Å². The highest BCUT2D eigenvalue weighted by atomic mass is 16.5. The highest BCUT2D eigenvalue weighted by Crippen LogP contribution is 2.19. The number of carbonyl (C=O) groups excluding carboxylic acids is 1. The van der Waals surface area contributed by atoms with E-state index in [4.69, 9.17) is 9.47 Å². The van der Waals surface area contributed by atoms with E-state index in [1.165, 1.54) is 32.1 Å². The molecule has 1 aliphatic rings. The van der Waals surface area contributed by atoms with Gasteiger partial charge in [0.2, 0.25) is 0 Å². The number of nitrogens with one attached hydrogen (secondary N) is 1. The van der Waals surface area contributed by atoms with Crippen LogP contribution in [0, 0.1) is 0 Å². The summed E-state index contributed by atoms with van der Waals surface area (Å²) in [6.45, 7) is 5.36. The topological polar surface area (TPSA) is 47.6 Å². The average molecular weight is 243 g/mol. The van der Waals surface area contributed by atoms with Gasteiger partial charge in [0.25, 0.3) is 0 Å². The van der Waals surface area contributed by atoms with Crippen molar-refractivity contribution in [2.45, 2.75) is 58.2 Å². The van der Waals surface area contributed by atoms with Crippen LogP contribution in [0.25, 0.3) is 0 Å². The van der Waals surface area contributed by atoms with Crippen molar-refractivity contribution in [3.05, 3.63) is 0 Å². The maximum Gasteiger partial charge on any atom is 0.320 e. The summed E-state index contributed by atoms with van der Waals surface area (Å²) in [4.78, 5) is 11.2. The first kappa shape index (κ1) is 14.5. The van der Waals surface area contributed by atoms with E-state index in [0.717, 1.165) is 0 Å². The van der Waals surface area contributed by atoms with Crippen LogP contribution in [0.1, 0.15) is 46.0 Å². The Morgan fingerprint density at radius 2 is 2.00 bits per heavy atom. The first-order valence-corrected chi connectivity index (χ1v) is 6.70. The van der Waals surface area contributed by atoms with Crippen LogP contribution in [0.2, 0.25) is 0 Å². The molecule has 1 N–H and O–H groups in total. The highest BCUT2D eigenvalue weighted by Gasteiger charge is 2.13. The first-order valence-electron chi connectivity index (χ1n) is 6.70. The minimum absolute atomic E-state index is 0.0391. The predicted molar refractivity (Wildman–Crippen MR) is 66.9 cm³/mol. The van der Waals surface area contributed by atoms with Crippen molar-refractivity contribution < 1.29 is 14.3 Å². The monoisotopic (exact) mass is 243 g/mol. The molecular formula is C13H25NO3. The smallest absolute Gasteiger partial charge is 0.320 e. The third kappa shape index (κ3) is 7.34. The normalized spacial score (nSPS) is 17.4. The molecule has 0 aromatic heterocycles. The molecule has 0 spiro atoms. The summed E-state index contributed by atoms with van der Waals surface area (Å²) in [7, 11) is 0. The molecule has 0 saturated heterocycles. The molecule has 4 nitrogen and oxygen atoms in total. The minimum Gasteiger partial charge on any atom is -0.462 e. The number of ether oxygens (including phenoxy) is 2. The Labute approximate surface area is 104 Å². The van der Waals surface area contributed by atoms with Gasteiger partial charge in [-0.25, -0.2) is 0 Å². The lowest BCUT2D eigenvalue weighted by Crippen LogP contribution is -2.30. The van der Waals surface area contributed by atoms with Crippen LogP contribution in [0.5, 0.6) is 0 Å². The number of hydrogen-bond acceptors (Lipinski definition) is 4. The molecule has 1 saturated carbocycles. The Hall–Kier alpha value is -0.610. The molecule has 1 aliphatic carbocycles. The van der Waals surface area contributed by atoms with Crippen LogP contribution < -0.4 is 5.32 Å². The van der Waals surface area contributed by atoms with E-state index in [2.05, 4.69) is 5.32 Å². The van der Waals surface area contributed by atoms with E-state index in [0.29, 0.717) is 19.3 Å². The fraction of sp³-hybridized carbons (Fsp3) is 0.923. The summed E-state index contributed by atoms with van der Waals surface area (Å²) < 4.78 is 10.7. The second kappa shape index (κ2) is 8.48. The largest absolute Gasteiger partial charge is 0.462 e. The third-order valence-electron chi connectivity index (χ3n) is 2.82. The molecule has 0 heterocycles. The summed E-state index contributed by atoms with van der Waals surface area (Å²) in [6, 6.07) is 0. The quantitative estimate of drug-likeness (QED) is 0.548. The molecule has 0 unspecified atom stereocenters. The van der Waals surface area contributed by atoms with Crippen LogP contribution in [0.15, 0.2) is 0 Å². The van der Waals surface area contributed by atoms with Gasteiger partial charge in [0, 0.05) is 6.54 Å². The molecular weight excluding hydrogens is 218 g/mol. The summed E-state index contributed by atoms with van der Waals surface area (Å²) in [5, 5.41) is 3.03. The maximum atomic E-state index is 11.2. The molecule has 0 atom stereocenters. The molecule has 0 aromatic carbocycles. The number of rotatable bonds is 7. The minimum atomic E-state index is -0.197. The van der Waals surface area contributed by atoms with E-state index in [1.54, 1.807) is 0 Å². The van der Waals surface area contributed by atoms with Crippen molar-refractivity contribution in [1.29, 1.82) is 0 Å². The van der Waals surface area contributed by atoms with Gasteiger partial charge in [0.1, 0.15) is 0 Å². The second-order valence-electron chi connectivity index (χ2n) is 4.85. The fourth-order valence-electron chi connectivity index (χ4n) is 2.02. The third-order valence-corrected chi connectivity index (χ3v) is 2.82. The van der Waals surface area contributed by atoms with Gasteiger partial charge in [0.15, 0.2) is 0 Å². The number of esters is 1. The lowest BCUT2D eigenvalue weighted by Gasteiger charge is -2.21. The van der Waals surface area contributed by atoms with E-state index in [1.807, 2.05) is 13.8 Å². The summed E-state index contributed by atoms with van der Waals surface area (Å²) in [6.07, 6.45) is 6.71. The standard InChI is InChI=1S/C13H25NO3/c1-11(2)17-13(15)10-14-8-9-16-12-6-4-3-5-7-12/h11-12,14H,3-10H2,1-2H3. The molecule has 4 heteroatoms. The molecule has 0 amide bonds. The zero-order valence-electron chi connectivity index (χ0n) is 11.0. The summed E-state index contributed by atoms with van der Waals surface area (Å²) >= 11 is 0. The summed E-state index contributed by atoms with van der Waals surface area (Å²) in [5.74, 6) is -0.197. The van der Waals surface area contributed by atoms with E-state index >= 15 is 0 Å². The van der Waals surface area contributed by atoms with Crippen LogP contribution in [0.3, 0.4) is 0 Å². The Morgan fingerprint density at radius 1 is 1.29 bits per heavy atom. The Morgan fingerprint density at radius 3 is 2.65 bits per heavy atom. The lowest BCUT2D eigenvalue weighted by molar-refractivity contribution is -0.146. The van der Waals surface area contributed by atoms with Crippen LogP contribution >= 0.6 is 0 Å². The number of hydrogen-bond donors (Lipinski definition) is 1. The van der Waals surface area contributed by atoms with Gasteiger partial charge in [-0.05, 0) is 26.7 Å². The maximum absolute atomic E-state index is 11.2. The molecule has 100 valence electrons. The second-order valence-corrected chi connectivity index (χ2v) is 4.85.